The van der Waals surface area contributed by atoms with Crippen molar-refractivity contribution in [3.05, 3.63) is 52.8 Å². The molecule has 112 valence electrons. The first-order valence-electron chi connectivity index (χ1n) is 6.49. The molecule has 4 nitrogen and oxygen atoms in total. The molecule has 6 heteroatoms. The number of carbonyl (C=O) groups excluding carboxylic acids is 1. The molecule has 0 atom stereocenters. The fourth-order valence-electron chi connectivity index (χ4n) is 2.28. The fraction of sp³-hybridized carbons (Fsp3) is 0.267. The molecule has 0 unspecified atom stereocenters. The maximum Gasteiger partial charge on any atom is 0.287 e. The zero-order valence-corrected chi connectivity index (χ0v) is 13.3. The van der Waals surface area contributed by atoms with Crippen molar-refractivity contribution in [3.8, 4) is 0 Å². The number of thioether (sulfide) groups is 1. The summed E-state index contributed by atoms with van der Waals surface area (Å²) in [4.78, 5) is 12.0. The summed E-state index contributed by atoms with van der Waals surface area (Å²) in [5, 5.41) is 6.94. The Morgan fingerprint density at radius 3 is 2.86 bits per heavy atom. The molecule has 1 aliphatic heterocycles. The van der Waals surface area contributed by atoms with Crippen molar-refractivity contribution in [2.75, 3.05) is 6.26 Å². The lowest BCUT2D eigenvalue weighted by molar-refractivity contribution is 0.0918. The van der Waals surface area contributed by atoms with E-state index in [1.165, 1.54) is 22.9 Å². The summed E-state index contributed by atoms with van der Waals surface area (Å²) < 4.78 is 5.40. The van der Waals surface area contributed by atoms with Gasteiger partial charge in [-0.1, -0.05) is 30.0 Å². The molecule has 1 aliphatic rings. The van der Waals surface area contributed by atoms with Gasteiger partial charge in [-0.05, 0) is 35.1 Å². The van der Waals surface area contributed by atoms with Crippen LogP contribution in [0.1, 0.15) is 27.2 Å². The van der Waals surface area contributed by atoms with E-state index in [9.17, 15) is 4.79 Å². The molecule has 2 aromatic rings. The first-order chi connectivity index (χ1) is 9.76. The Labute approximate surface area is 134 Å². The van der Waals surface area contributed by atoms with Crippen molar-refractivity contribution in [2.24, 2.45) is 0 Å². The van der Waals surface area contributed by atoms with E-state index in [4.69, 9.17) is 4.42 Å². The SMILES string of the molecule is CSc1ccc(C(=O)NCc2ccc3c(c2)CNC3)o1.Cl. The normalized spacial score (nSPS) is 12.6. The second-order valence-electron chi connectivity index (χ2n) is 4.71. The van der Waals surface area contributed by atoms with Gasteiger partial charge in [0.1, 0.15) is 0 Å². The van der Waals surface area contributed by atoms with Crippen LogP contribution in [0.5, 0.6) is 0 Å². The maximum absolute atomic E-state index is 12.0. The third kappa shape index (κ3) is 3.61. The number of amides is 1. The molecule has 0 bridgehead atoms. The molecule has 1 amide bonds. The van der Waals surface area contributed by atoms with Gasteiger partial charge in [-0.15, -0.1) is 12.4 Å². The van der Waals surface area contributed by atoms with Crippen LogP contribution in [0.2, 0.25) is 0 Å². The molecule has 0 aliphatic carbocycles. The minimum atomic E-state index is -0.177. The minimum Gasteiger partial charge on any atom is -0.445 e. The van der Waals surface area contributed by atoms with Crippen molar-refractivity contribution >= 4 is 30.1 Å². The predicted octanol–water partition coefficient (Wildman–Crippen LogP) is 2.96. The van der Waals surface area contributed by atoms with Crippen LogP contribution in [0.3, 0.4) is 0 Å². The third-order valence-corrected chi connectivity index (χ3v) is 3.98. The minimum absolute atomic E-state index is 0. The summed E-state index contributed by atoms with van der Waals surface area (Å²) in [6.45, 7) is 2.36. The van der Waals surface area contributed by atoms with Gasteiger partial charge in [0, 0.05) is 19.6 Å². The van der Waals surface area contributed by atoms with Crippen LogP contribution in [-0.2, 0) is 19.6 Å². The van der Waals surface area contributed by atoms with Gasteiger partial charge in [0.25, 0.3) is 5.91 Å². The topological polar surface area (TPSA) is 54.3 Å². The summed E-state index contributed by atoms with van der Waals surface area (Å²) in [5.74, 6) is 0.182. The second-order valence-corrected chi connectivity index (χ2v) is 5.52. The van der Waals surface area contributed by atoms with Crippen LogP contribution in [0.4, 0.5) is 0 Å². The molecular formula is C15H17ClN2O2S. The monoisotopic (exact) mass is 324 g/mol. The molecule has 2 heterocycles. The van der Waals surface area contributed by atoms with E-state index in [0.29, 0.717) is 12.3 Å². The van der Waals surface area contributed by atoms with Crippen LogP contribution >= 0.6 is 24.2 Å². The molecule has 2 N–H and O–H groups in total. The van der Waals surface area contributed by atoms with Crippen molar-refractivity contribution in [1.29, 1.82) is 0 Å². The summed E-state index contributed by atoms with van der Waals surface area (Å²) in [6.07, 6.45) is 1.92. The molecular weight excluding hydrogens is 308 g/mol. The zero-order chi connectivity index (χ0) is 13.9. The number of hydrogen-bond donors (Lipinski definition) is 2. The molecule has 0 radical (unpaired) electrons. The molecule has 0 fully saturated rings. The predicted molar refractivity (Wildman–Crippen MR) is 85.9 cm³/mol. The first-order valence-corrected chi connectivity index (χ1v) is 7.72. The standard InChI is InChI=1S/C15H16N2O2S.ClH/c1-20-14-5-4-13(19-14)15(18)17-7-10-2-3-11-8-16-9-12(11)6-10;/h2-6,16H,7-9H2,1H3,(H,17,18);1H. The number of nitrogens with one attached hydrogen (secondary N) is 2. The van der Waals surface area contributed by atoms with E-state index in [-0.39, 0.29) is 18.3 Å². The van der Waals surface area contributed by atoms with Crippen LogP contribution < -0.4 is 10.6 Å². The van der Waals surface area contributed by atoms with E-state index in [1.807, 2.05) is 6.26 Å². The Bertz CT molecular complexity index is 642. The number of hydrogen-bond acceptors (Lipinski definition) is 4. The summed E-state index contributed by atoms with van der Waals surface area (Å²) in [6, 6.07) is 9.83. The summed E-state index contributed by atoms with van der Waals surface area (Å²) >= 11 is 1.48. The lowest BCUT2D eigenvalue weighted by Crippen LogP contribution is -2.22. The highest BCUT2D eigenvalue weighted by Gasteiger charge is 2.12. The molecule has 3 rings (SSSR count). The largest absolute Gasteiger partial charge is 0.445 e. The van der Waals surface area contributed by atoms with E-state index >= 15 is 0 Å². The highest BCUT2D eigenvalue weighted by Crippen LogP contribution is 2.19. The van der Waals surface area contributed by atoms with Gasteiger partial charge in [-0.25, -0.2) is 0 Å². The Kier molecular flexibility index (Phi) is 5.33. The van der Waals surface area contributed by atoms with Gasteiger partial charge in [0.05, 0.1) is 0 Å². The molecule has 0 saturated heterocycles. The molecule has 21 heavy (non-hydrogen) atoms. The van der Waals surface area contributed by atoms with Gasteiger partial charge in [0.2, 0.25) is 0 Å². The van der Waals surface area contributed by atoms with Crippen LogP contribution in [0, 0.1) is 0 Å². The summed E-state index contributed by atoms with van der Waals surface area (Å²) in [7, 11) is 0. The van der Waals surface area contributed by atoms with Gasteiger partial charge < -0.3 is 15.1 Å². The Morgan fingerprint density at radius 2 is 2.10 bits per heavy atom. The number of fused-ring (bicyclic) bond motifs is 1. The number of rotatable bonds is 4. The molecule has 0 spiro atoms. The van der Waals surface area contributed by atoms with Gasteiger partial charge >= 0.3 is 0 Å². The summed E-state index contributed by atoms with van der Waals surface area (Å²) in [5.41, 5.74) is 3.77. The Balaban J connectivity index is 0.00000161. The van der Waals surface area contributed by atoms with Crippen LogP contribution in [-0.4, -0.2) is 12.2 Å². The Hall–Kier alpha value is -1.43. The van der Waals surface area contributed by atoms with Crippen molar-refractivity contribution in [3.63, 3.8) is 0 Å². The molecule has 1 aromatic carbocycles. The Morgan fingerprint density at radius 1 is 1.29 bits per heavy atom. The first kappa shape index (κ1) is 15.9. The maximum atomic E-state index is 12.0. The number of carbonyl (C=O) groups is 1. The second kappa shape index (κ2) is 7.02. The van der Waals surface area contributed by atoms with Gasteiger partial charge in [0.15, 0.2) is 10.9 Å². The van der Waals surface area contributed by atoms with Gasteiger partial charge in [-0.3, -0.25) is 4.79 Å². The quantitative estimate of drug-likeness (QED) is 0.849. The van der Waals surface area contributed by atoms with Crippen LogP contribution in [0.15, 0.2) is 39.8 Å². The van der Waals surface area contributed by atoms with Crippen molar-refractivity contribution in [2.45, 2.75) is 24.7 Å². The fourth-order valence-corrected chi connectivity index (χ4v) is 2.66. The highest BCUT2D eigenvalue weighted by atomic mass is 35.5. The average molecular weight is 325 g/mol. The number of halogens is 1. The van der Waals surface area contributed by atoms with E-state index in [0.717, 1.165) is 23.7 Å². The van der Waals surface area contributed by atoms with Gasteiger partial charge in [-0.2, -0.15) is 0 Å². The smallest absolute Gasteiger partial charge is 0.287 e. The number of benzene rings is 1. The molecule has 0 saturated carbocycles. The van der Waals surface area contributed by atoms with Crippen LogP contribution in [0.25, 0.3) is 0 Å². The number of furan rings is 1. The lowest BCUT2D eigenvalue weighted by atomic mass is 10.1. The van der Waals surface area contributed by atoms with E-state index in [2.05, 4.69) is 28.8 Å². The van der Waals surface area contributed by atoms with Crippen molar-refractivity contribution in [1.82, 2.24) is 10.6 Å². The zero-order valence-electron chi connectivity index (χ0n) is 11.6. The molecule has 1 aromatic heterocycles. The third-order valence-electron chi connectivity index (χ3n) is 3.36. The average Bonchev–Trinajstić information content (AvgIpc) is 3.12. The van der Waals surface area contributed by atoms with E-state index in [1.54, 1.807) is 12.1 Å². The van der Waals surface area contributed by atoms with Crippen molar-refractivity contribution < 1.29 is 9.21 Å². The van der Waals surface area contributed by atoms with E-state index < -0.39 is 0 Å². The highest BCUT2D eigenvalue weighted by molar-refractivity contribution is 7.98. The lowest BCUT2D eigenvalue weighted by Gasteiger charge is -2.05.